The number of nitrogens with one attached hydrogen (secondary N) is 1. The molecule has 3 rings (SSSR count). The number of para-hydroxylation sites is 1. The van der Waals surface area contributed by atoms with E-state index in [9.17, 15) is 4.79 Å². The number of rotatable bonds is 5. The fraction of sp³-hybridized carbons (Fsp3) is 0.500. The average Bonchev–Trinajstić information content (AvgIpc) is 3.01. The molecule has 0 saturated carbocycles. The number of amides is 1. The first-order chi connectivity index (χ1) is 12.5. The minimum absolute atomic E-state index is 0.149. The summed E-state index contributed by atoms with van der Waals surface area (Å²) in [4.78, 5) is 16.3. The van der Waals surface area contributed by atoms with Crippen molar-refractivity contribution in [1.29, 1.82) is 0 Å². The van der Waals surface area contributed by atoms with Crippen molar-refractivity contribution < 1.29 is 9.69 Å². The van der Waals surface area contributed by atoms with Gasteiger partial charge in [0.25, 0.3) is 0 Å². The van der Waals surface area contributed by atoms with Crippen LogP contribution in [0.2, 0.25) is 0 Å². The SMILES string of the molecule is CC[NH+]1CCN(C(=O)[C@@H](C)Sc2nn(-c3ccccc3C)c(=S)s2)CC1. The van der Waals surface area contributed by atoms with Crippen molar-refractivity contribution in [1.82, 2.24) is 14.7 Å². The van der Waals surface area contributed by atoms with Gasteiger partial charge in [-0.25, -0.2) is 4.68 Å². The second kappa shape index (κ2) is 8.65. The largest absolute Gasteiger partial charge is 0.332 e. The van der Waals surface area contributed by atoms with E-state index in [0.717, 1.165) is 48.3 Å². The number of nitrogens with zero attached hydrogens (tertiary/aromatic N) is 3. The Hall–Kier alpha value is -1.22. The molecule has 0 spiro atoms. The number of piperazine rings is 1. The fourth-order valence-corrected chi connectivity index (χ4v) is 5.69. The first kappa shape index (κ1) is 19.5. The second-order valence-corrected chi connectivity index (χ2v) is 9.73. The molecule has 0 radical (unpaired) electrons. The van der Waals surface area contributed by atoms with E-state index < -0.39 is 0 Å². The van der Waals surface area contributed by atoms with Gasteiger partial charge in [-0.2, -0.15) is 0 Å². The summed E-state index contributed by atoms with van der Waals surface area (Å²) in [5.41, 5.74) is 2.13. The molecule has 1 amide bonds. The van der Waals surface area contributed by atoms with Crippen LogP contribution in [0.4, 0.5) is 0 Å². The van der Waals surface area contributed by atoms with Gasteiger partial charge < -0.3 is 9.80 Å². The topological polar surface area (TPSA) is 42.6 Å². The van der Waals surface area contributed by atoms with Crippen molar-refractivity contribution in [2.45, 2.75) is 30.4 Å². The van der Waals surface area contributed by atoms with Crippen molar-refractivity contribution in [3.05, 3.63) is 33.8 Å². The molecule has 0 unspecified atom stereocenters. The lowest BCUT2D eigenvalue weighted by Crippen LogP contribution is -3.14. The predicted molar refractivity (Wildman–Crippen MR) is 110 cm³/mol. The molecule has 1 saturated heterocycles. The average molecular weight is 410 g/mol. The number of thioether (sulfide) groups is 1. The van der Waals surface area contributed by atoms with E-state index in [4.69, 9.17) is 12.2 Å². The van der Waals surface area contributed by atoms with Gasteiger partial charge in [-0.1, -0.05) is 41.3 Å². The van der Waals surface area contributed by atoms with Gasteiger partial charge in [0.2, 0.25) is 5.91 Å². The first-order valence-corrected chi connectivity index (χ1v) is 11.0. The highest BCUT2D eigenvalue weighted by Gasteiger charge is 2.27. The summed E-state index contributed by atoms with van der Waals surface area (Å²) in [6.07, 6.45) is 0. The second-order valence-electron chi connectivity index (χ2n) is 6.52. The number of carbonyl (C=O) groups is 1. The third-order valence-electron chi connectivity index (χ3n) is 4.78. The third-order valence-corrected chi connectivity index (χ3v) is 7.18. The Kier molecular flexibility index (Phi) is 6.50. The van der Waals surface area contributed by atoms with E-state index in [1.807, 2.05) is 43.0 Å². The number of hydrogen-bond acceptors (Lipinski definition) is 5. The van der Waals surface area contributed by atoms with E-state index in [0.29, 0.717) is 3.95 Å². The van der Waals surface area contributed by atoms with E-state index in [2.05, 4.69) is 12.0 Å². The van der Waals surface area contributed by atoms with Crippen LogP contribution in [0.3, 0.4) is 0 Å². The van der Waals surface area contributed by atoms with Crippen molar-refractivity contribution in [2.75, 3.05) is 32.7 Å². The van der Waals surface area contributed by atoms with Crippen LogP contribution < -0.4 is 4.90 Å². The van der Waals surface area contributed by atoms with Crippen molar-refractivity contribution in [3.63, 3.8) is 0 Å². The van der Waals surface area contributed by atoms with Crippen LogP contribution >= 0.6 is 35.3 Å². The molecule has 1 aromatic heterocycles. The van der Waals surface area contributed by atoms with Crippen LogP contribution in [0.1, 0.15) is 19.4 Å². The smallest absolute Gasteiger partial charge is 0.236 e. The molecule has 1 aliphatic rings. The summed E-state index contributed by atoms with van der Waals surface area (Å²) in [5, 5.41) is 4.50. The van der Waals surface area contributed by atoms with Gasteiger partial charge in [0.05, 0.1) is 43.7 Å². The molecule has 2 aromatic rings. The van der Waals surface area contributed by atoms with Gasteiger partial charge in [-0.15, -0.1) is 5.10 Å². The summed E-state index contributed by atoms with van der Waals surface area (Å²) in [7, 11) is 0. The Morgan fingerprint density at radius 3 is 2.73 bits per heavy atom. The summed E-state index contributed by atoms with van der Waals surface area (Å²) in [5.74, 6) is 0.203. The van der Waals surface area contributed by atoms with Crippen LogP contribution in [0.15, 0.2) is 28.6 Å². The van der Waals surface area contributed by atoms with Crippen LogP contribution in [-0.2, 0) is 4.79 Å². The number of aromatic nitrogens is 2. The van der Waals surface area contributed by atoms with Crippen molar-refractivity contribution in [3.8, 4) is 5.69 Å². The summed E-state index contributed by atoms with van der Waals surface area (Å²) < 4.78 is 3.36. The van der Waals surface area contributed by atoms with Gasteiger partial charge in [-0.05, 0) is 44.6 Å². The maximum absolute atomic E-state index is 12.8. The quantitative estimate of drug-likeness (QED) is 0.607. The summed E-state index contributed by atoms with van der Waals surface area (Å²) in [6, 6.07) is 8.06. The number of benzene rings is 1. The molecule has 1 atom stereocenters. The number of aryl methyl sites for hydroxylation is 1. The maximum atomic E-state index is 12.8. The van der Waals surface area contributed by atoms with E-state index in [1.54, 1.807) is 9.58 Å². The highest BCUT2D eigenvalue weighted by Crippen LogP contribution is 2.29. The molecule has 140 valence electrons. The molecule has 26 heavy (non-hydrogen) atoms. The minimum atomic E-state index is -0.149. The Labute approximate surface area is 168 Å². The molecule has 1 aliphatic heterocycles. The number of quaternary nitrogens is 1. The van der Waals surface area contributed by atoms with Gasteiger partial charge in [0.1, 0.15) is 0 Å². The predicted octanol–water partition coefficient (Wildman–Crippen LogP) is 2.20. The lowest BCUT2D eigenvalue weighted by Gasteiger charge is -2.32. The molecule has 0 bridgehead atoms. The van der Waals surface area contributed by atoms with Crippen LogP contribution in [0.25, 0.3) is 5.69 Å². The number of hydrogen-bond donors (Lipinski definition) is 1. The van der Waals surface area contributed by atoms with E-state index in [1.165, 1.54) is 23.1 Å². The zero-order chi connectivity index (χ0) is 18.7. The van der Waals surface area contributed by atoms with Crippen LogP contribution in [0, 0.1) is 10.9 Å². The molecule has 0 aliphatic carbocycles. The molecule has 1 N–H and O–H groups in total. The van der Waals surface area contributed by atoms with Gasteiger partial charge >= 0.3 is 0 Å². The Morgan fingerprint density at radius 2 is 2.08 bits per heavy atom. The lowest BCUT2D eigenvalue weighted by molar-refractivity contribution is -0.902. The molecular formula is C18H25N4OS3+. The highest BCUT2D eigenvalue weighted by atomic mass is 32.2. The molecular weight excluding hydrogens is 384 g/mol. The van der Waals surface area contributed by atoms with E-state index in [-0.39, 0.29) is 11.2 Å². The molecule has 1 fully saturated rings. The van der Waals surface area contributed by atoms with E-state index >= 15 is 0 Å². The Bertz CT molecular complexity index is 824. The summed E-state index contributed by atoms with van der Waals surface area (Å²) >= 11 is 8.47. The zero-order valence-corrected chi connectivity index (χ0v) is 17.8. The molecule has 5 nitrogen and oxygen atoms in total. The fourth-order valence-electron chi connectivity index (χ4n) is 3.12. The van der Waals surface area contributed by atoms with Gasteiger partial charge in [-0.3, -0.25) is 4.79 Å². The normalized spacial score (nSPS) is 16.7. The standard InChI is InChI=1S/C18H24N4OS3/c1-4-20-9-11-21(12-10-20)16(23)14(3)25-17-19-22(18(24)26-17)15-8-6-5-7-13(15)2/h5-8,14H,4,9-12H2,1-3H3/p+1/t14-/m1/s1. The van der Waals surface area contributed by atoms with Crippen LogP contribution in [-0.4, -0.2) is 58.6 Å². The maximum Gasteiger partial charge on any atom is 0.236 e. The van der Waals surface area contributed by atoms with Crippen molar-refractivity contribution in [2.24, 2.45) is 0 Å². The van der Waals surface area contributed by atoms with Crippen molar-refractivity contribution >= 4 is 41.2 Å². The minimum Gasteiger partial charge on any atom is -0.332 e. The summed E-state index contributed by atoms with van der Waals surface area (Å²) in [6.45, 7) is 11.1. The Morgan fingerprint density at radius 1 is 1.38 bits per heavy atom. The van der Waals surface area contributed by atoms with Gasteiger partial charge in [0.15, 0.2) is 8.29 Å². The molecule has 8 heteroatoms. The lowest BCUT2D eigenvalue weighted by atomic mass is 10.2. The molecule has 2 heterocycles. The first-order valence-electron chi connectivity index (χ1n) is 8.94. The van der Waals surface area contributed by atoms with Gasteiger partial charge in [0, 0.05) is 0 Å². The highest BCUT2D eigenvalue weighted by molar-refractivity contribution is 8.02. The number of likely N-dealkylation sites (N-methyl/N-ethyl adjacent to an activating group) is 1. The monoisotopic (exact) mass is 409 g/mol. The Balaban J connectivity index is 1.68. The molecule has 1 aromatic carbocycles. The third kappa shape index (κ3) is 4.36. The number of carbonyl (C=O) groups excluding carboxylic acids is 1. The zero-order valence-electron chi connectivity index (χ0n) is 15.4. The van der Waals surface area contributed by atoms with Crippen LogP contribution in [0.5, 0.6) is 0 Å².